The van der Waals surface area contributed by atoms with E-state index in [1.54, 1.807) is 12.1 Å². The maximum Gasteiger partial charge on any atom is 0.337 e. The Kier molecular flexibility index (Phi) is 5.33. The summed E-state index contributed by atoms with van der Waals surface area (Å²) in [5.41, 5.74) is 1.22. The van der Waals surface area contributed by atoms with Gasteiger partial charge in [0.15, 0.2) is 16.5 Å². The SMILES string of the molecule is O=C(Nc1ccccc1C(=O)O)C(=S)NCCc1ccc2c(c1)OCO2. The standard InChI is InChI=1S/C18H16N2O5S/c21-16(20-13-4-2-1-3-12(13)18(22)23)17(26)19-8-7-11-5-6-14-15(9-11)25-10-24-14/h1-6,9H,7-8,10H2,(H,19,26)(H,20,21)(H,22,23). The highest BCUT2D eigenvalue weighted by Crippen LogP contribution is 2.32. The predicted molar refractivity (Wildman–Crippen MR) is 98.9 cm³/mol. The van der Waals surface area contributed by atoms with Gasteiger partial charge in [-0.2, -0.15) is 0 Å². The molecule has 0 unspecified atom stereocenters. The molecule has 7 nitrogen and oxygen atoms in total. The molecule has 3 N–H and O–H groups in total. The molecule has 0 atom stereocenters. The molecule has 26 heavy (non-hydrogen) atoms. The molecular formula is C18H16N2O5S. The number of anilines is 1. The highest BCUT2D eigenvalue weighted by molar-refractivity contribution is 7.82. The van der Waals surface area contributed by atoms with Crippen LogP contribution in [0.3, 0.4) is 0 Å². The average molecular weight is 372 g/mol. The van der Waals surface area contributed by atoms with Gasteiger partial charge >= 0.3 is 5.97 Å². The summed E-state index contributed by atoms with van der Waals surface area (Å²) in [5.74, 6) is -0.260. The van der Waals surface area contributed by atoms with Gasteiger partial charge in [-0.1, -0.05) is 30.4 Å². The Hall–Kier alpha value is -3.13. The van der Waals surface area contributed by atoms with Crippen LogP contribution in [-0.4, -0.2) is 35.3 Å². The van der Waals surface area contributed by atoms with Crippen molar-refractivity contribution in [1.82, 2.24) is 5.32 Å². The van der Waals surface area contributed by atoms with E-state index in [1.807, 2.05) is 18.2 Å². The van der Waals surface area contributed by atoms with Crippen LogP contribution in [0.4, 0.5) is 5.69 Å². The van der Waals surface area contributed by atoms with E-state index in [9.17, 15) is 9.59 Å². The fraction of sp³-hybridized carbons (Fsp3) is 0.167. The van der Waals surface area contributed by atoms with Crippen molar-refractivity contribution in [3.63, 3.8) is 0 Å². The summed E-state index contributed by atoms with van der Waals surface area (Å²) in [6, 6.07) is 11.8. The maximum atomic E-state index is 12.1. The van der Waals surface area contributed by atoms with Crippen molar-refractivity contribution in [2.24, 2.45) is 0 Å². The van der Waals surface area contributed by atoms with Crippen LogP contribution in [0, 0.1) is 0 Å². The molecule has 0 aromatic heterocycles. The minimum absolute atomic E-state index is 0.00371. The maximum absolute atomic E-state index is 12.1. The number of amides is 1. The zero-order valence-corrected chi connectivity index (χ0v) is 14.5. The number of fused-ring (bicyclic) bond motifs is 1. The van der Waals surface area contributed by atoms with Gasteiger partial charge in [-0.15, -0.1) is 0 Å². The molecule has 0 spiro atoms. The first-order valence-electron chi connectivity index (χ1n) is 7.84. The minimum Gasteiger partial charge on any atom is -0.478 e. The van der Waals surface area contributed by atoms with E-state index < -0.39 is 11.9 Å². The van der Waals surface area contributed by atoms with E-state index in [1.165, 1.54) is 12.1 Å². The number of benzene rings is 2. The highest BCUT2D eigenvalue weighted by atomic mass is 32.1. The van der Waals surface area contributed by atoms with Gasteiger partial charge in [-0.05, 0) is 36.2 Å². The van der Waals surface area contributed by atoms with Crippen molar-refractivity contribution in [2.75, 3.05) is 18.7 Å². The van der Waals surface area contributed by atoms with E-state index in [-0.39, 0.29) is 23.0 Å². The Balaban J connectivity index is 1.52. The van der Waals surface area contributed by atoms with Crippen LogP contribution in [0.5, 0.6) is 11.5 Å². The van der Waals surface area contributed by atoms with Crippen LogP contribution in [0.2, 0.25) is 0 Å². The molecule has 2 aromatic carbocycles. The predicted octanol–water partition coefficient (Wildman–Crippen LogP) is 2.21. The van der Waals surface area contributed by atoms with Crippen molar-refractivity contribution >= 4 is 34.8 Å². The Bertz CT molecular complexity index is 868. The van der Waals surface area contributed by atoms with Crippen LogP contribution in [0.25, 0.3) is 0 Å². The van der Waals surface area contributed by atoms with Gasteiger partial charge in [0, 0.05) is 6.54 Å². The third-order valence-electron chi connectivity index (χ3n) is 3.75. The minimum atomic E-state index is -1.12. The van der Waals surface area contributed by atoms with Gasteiger partial charge < -0.3 is 25.2 Å². The molecule has 134 valence electrons. The summed E-state index contributed by atoms with van der Waals surface area (Å²) < 4.78 is 10.6. The Morgan fingerprint density at radius 1 is 1.12 bits per heavy atom. The first kappa shape index (κ1) is 17.7. The van der Waals surface area contributed by atoms with Crippen LogP contribution in [0.1, 0.15) is 15.9 Å². The number of thiocarbonyl (C=S) groups is 1. The summed E-state index contributed by atoms with van der Waals surface area (Å²) in [4.78, 5) is 23.3. The van der Waals surface area contributed by atoms with Gasteiger partial charge in [-0.3, -0.25) is 4.79 Å². The van der Waals surface area contributed by atoms with Crippen LogP contribution < -0.4 is 20.1 Å². The summed E-state index contributed by atoms with van der Waals surface area (Å²) in [5, 5.41) is 14.5. The smallest absolute Gasteiger partial charge is 0.337 e. The molecule has 1 aliphatic rings. The lowest BCUT2D eigenvalue weighted by Crippen LogP contribution is -2.35. The molecule has 0 aliphatic carbocycles. The molecule has 0 radical (unpaired) electrons. The molecule has 0 saturated heterocycles. The molecule has 8 heteroatoms. The Morgan fingerprint density at radius 2 is 1.88 bits per heavy atom. The molecule has 1 amide bonds. The Morgan fingerprint density at radius 3 is 2.69 bits per heavy atom. The van der Waals surface area contributed by atoms with Crippen molar-refractivity contribution in [2.45, 2.75) is 6.42 Å². The molecule has 0 fully saturated rings. The van der Waals surface area contributed by atoms with E-state index in [0.29, 0.717) is 24.5 Å². The van der Waals surface area contributed by atoms with E-state index in [2.05, 4.69) is 10.6 Å². The van der Waals surface area contributed by atoms with E-state index in [0.717, 1.165) is 5.56 Å². The van der Waals surface area contributed by atoms with Crippen LogP contribution in [0.15, 0.2) is 42.5 Å². The van der Waals surface area contributed by atoms with Gasteiger partial charge in [0.2, 0.25) is 6.79 Å². The molecule has 2 aromatic rings. The van der Waals surface area contributed by atoms with E-state index in [4.69, 9.17) is 26.8 Å². The first-order valence-corrected chi connectivity index (χ1v) is 8.25. The number of hydrogen-bond acceptors (Lipinski definition) is 5. The topological polar surface area (TPSA) is 96.9 Å². The average Bonchev–Trinajstić information content (AvgIpc) is 3.09. The number of aromatic carboxylic acids is 1. The largest absolute Gasteiger partial charge is 0.478 e. The van der Waals surface area contributed by atoms with Crippen LogP contribution >= 0.6 is 12.2 Å². The molecule has 1 aliphatic heterocycles. The number of carboxylic acid groups (broad SMARTS) is 1. The number of nitrogens with one attached hydrogen (secondary N) is 2. The lowest BCUT2D eigenvalue weighted by atomic mass is 10.1. The lowest BCUT2D eigenvalue weighted by molar-refractivity contribution is -0.110. The second-order valence-corrected chi connectivity index (χ2v) is 5.91. The highest BCUT2D eigenvalue weighted by Gasteiger charge is 2.15. The summed E-state index contributed by atoms with van der Waals surface area (Å²) in [6.45, 7) is 0.672. The zero-order valence-electron chi connectivity index (χ0n) is 13.7. The van der Waals surface area contributed by atoms with Crippen molar-refractivity contribution < 1.29 is 24.2 Å². The monoisotopic (exact) mass is 372 g/mol. The first-order chi connectivity index (χ1) is 12.5. The summed E-state index contributed by atoms with van der Waals surface area (Å²) in [7, 11) is 0. The lowest BCUT2D eigenvalue weighted by Gasteiger charge is -2.11. The third-order valence-corrected chi connectivity index (χ3v) is 4.08. The fourth-order valence-corrected chi connectivity index (χ4v) is 2.61. The molecular weight excluding hydrogens is 356 g/mol. The normalized spacial score (nSPS) is 11.7. The number of rotatable bonds is 5. The Labute approximate surface area is 154 Å². The number of carboxylic acids is 1. The number of carbonyl (C=O) groups excluding carboxylic acids is 1. The zero-order chi connectivity index (χ0) is 18.5. The van der Waals surface area contributed by atoms with Gasteiger partial charge in [0.25, 0.3) is 5.91 Å². The van der Waals surface area contributed by atoms with Crippen molar-refractivity contribution in [3.8, 4) is 11.5 Å². The number of para-hydroxylation sites is 1. The molecule has 0 saturated carbocycles. The van der Waals surface area contributed by atoms with Gasteiger partial charge in [0.1, 0.15) is 0 Å². The van der Waals surface area contributed by atoms with E-state index >= 15 is 0 Å². The third kappa shape index (κ3) is 4.09. The second-order valence-electron chi connectivity index (χ2n) is 5.50. The molecule has 0 bridgehead atoms. The number of hydrogen-bond donors (Lipinski definition) is 3. The van der Waals surface area contributed by atoms with Gasteiger partial charge in [0.05, 0.1) is 11.3 Å². The summed E-state index contributed by atoms with van der Waals surface area (Å²) in [6.07, 6.45) is 0.635. The summed E-state index contributed by atoms with van der Waals surface area (Å²) >= 11 is 5.06. The van der Waals surface area contributed by atoms with Gasteiger partial charge in [-0.25, -0.2) is 4.79 Å². The van der Waals surface area contributed by atoms with Crippen LogP contribution in [-0.2, 0) is 11.2 Å². The number of carbonyl (C=O) groups is 2. The van der Waals surface area contributed by atoms with Crippen molar-refractivity contribution in [3.05, 3.63) is 53.6 Å². The second kappa shape index (κ2) is 7.83. The molecule has 3 rings (SSSR count). The molecule has 1 heterocycles. The fourth-order valence-electron chi connectivity index (χ4n) is 2.45. The number of ether oxygens (including phenoxy) is 2. The quantitative estimate of drug-likeness (QED) is 0.693. The van der Waals surface area contributed by atoms with Crippen molar-refractivity contribution in [1.29, 1.82) is 0 Å².